The monoisotopic (exact) mass is 325 g/mol. The van der Waals surface area contributed by atoms with E-state index < -0.39 is 0 Å². The second-order valence-electron chi connectivity index (χ2n) is 5.45. The van der Waals surface area contributed by atoms with Gasteiger partial charge in [-0.05, 0) is 49.9 Å². The third-order valence-electron chi connectivity index (χ3n) is 4.10. The molecule has 18 heavy (non-hydrogen) atoms. The molecule has 3 rings (SSSR count). The SMILES string of the molecule is BrCC1CCN(CC2Cc3ccccc3S2)CC1. The third kappa shape index (κ3) is 2.94. The summed E-state index contributed by atoms with van der Waals surface area (Å²) in [5.41, 5.74) is 1.56. The first-order chi connectivity index (χ1) is 8.85. The van der Waals surface area contributed by atoms with E-state index in [2.05, 4.69) is 56.9 Å². The van der Waals surface area contributed by atoms with Crippen LogP contribution in [0.1, 0.15) is 18.4 Å². The molecule has 0 N–H and O–H groups in total. The van der Waals surface area contributed by atoms with Gasteiger partial charge >= 0.3 is 0 Å². The molecule has 0 saturated carbocycles. The number of nitrogens with zero attached hydrogens (tertiary/aromatic N) is 1. The van der Waals surface area contributed by atoms with Crippen LogP contribution in [0.5, 0.6) is 0 Å². The zero-order valence-corrected chi connectivity index (χ0v) is 13.0. The maximum atomic E-state index is 3.62. The van der Waals surface area contributed by atoms with E-state index in [0.29, 0.717) is 0 Å². The van der Waals surface area contributed by atoms with Crippen molar-refractivity contribution >= 4 is 27.7 Å². The molecule has 2 heterocycles. The van der Waals surface area contributed by atoms with Gasteiger partial charge in [0, 0.05) is 22.0 Å². The molecule has 1 aromatic rings. The second-order valence-corrected chi connectivity index (χ2v) is 7.44. The molecule has 0 amide bonds. The van der Waals surface area contributed by atoms with Crippen LogP contribution in [0.25, 0.3) is 0 Å². The van der Waals surface area contributed by atoms with Crippen molar-refractivity contribution in [2.75, 3.05) is 25.0 Å². The molecule has 1 unspecified atom stereocenters. The van der Waals surface area contributed by atoms with E-state index in [1.54, 1.807) is 5.56 Å². The Bertz CT molecular complexity index is 376. The van der Waals surface area contributed by atoms with Gasteiger partial charge in [0.2, 0.25) is 0 Å². The Morgan fingerprint density at radius 2 is 2.00 bits per heavy atom. The number of piperidine rings is 1. The molecule has 0 aromatic heterocycles. The number of fused-ring (bicyclic) bond motifs is 1. The fourth-order valence-electron chi connectivity index (χ4n) is 2.97. The highest BCUT2D eigenvalue weighted by Crippen LogP contribution is 2.37. The van der Waals surface area contributed by atoms with Crippen molar-refractivity contribution in [1.82, 2.24) is 4.90 Å². The minimum atomic E-state index is 0.780. The number of alkyl halides is 1. The van der Waals surface area contributed by atoms with Crippen LogP contribution in [0, 0.1) is 5.92 Å². The Labute approximate surface area is 122 Å². The topological polar surface area (TPSA) is 3.24 Å². The van der Waals surface area contributed by atoms with Gasteiger partial charge in [0.25, 0.3) is 0 Å². The molecule has 0 spiro atoms. The summed E-state index contributed by atoms with van der Waals surface area (Å²) in [4.78, 5) is 4.18. The molecule has 2 aliphatic heterocycles. The van der Waals surface area contributed by atoms with Crippen LogP contribution in [0.4, 0.5) is 0 Å². The molecule has 0 radical (unpaired) electrons. The van der Waals surface area contributed by atoms with Crippen molar-refractivity contribution in [3.8, 4) is 0 Å². The summed E-state index contributed by atoms with van der Waals surface area (Å²) in [6, 6.07) is 8.90. The number of likely N-dealkylation sites (tertiary alicyclic amines) is 1. The van der Waals surface area contributed by atoms with Crippen LogP contribution in [0.2, 0.25) is 0 Å². The molecule has 1 nitrogen and oxygen atoms in total. The zero-order chi connectivity index (χ0) is 12.4. The lowest BCUT2D eigenvalue weighted by Gasteiger charge is -2.32. The van der Waals surface area contributed by atoms with Gasteiger partial charge < -0.3 is 4.90 Å². The van der Waals surface area contributed by atoms with Crippen molar-refractivity contribution in [2.24, 2.45) is 5.92 Å². The average Bonchev–Trinajstić information content (AvgIpc) is 2.82. The van der Waals surface area contributed by atoms with E-state index >= 15 is 0 Å². The predicted octanol–water partition coefficient (Wildman–Crippen LogP) is 3.81. The fourth-order valence-corrected chi connectivity index (χ4v) is 4.98. The van der Waals surface area contributed by atoms with Crippen molar-refractivity contribution < 1.29 is 0 Å². The molecule has 1 saturated heterocycles. The van der Waals surface area contributed by atoms with Gasteiger partial charge in [-0.2, -0.15) is 0 Å². The maximum absolute atomic E-state index is 3.62. The second kappa shape index (κ2) is 5.98. The lowest BCUT2D eigenvalue weighted by molar-refractivity contribution is 0.196. The van der Waals surface area contributed by atoms with Crippen LogP contribution in [0.3, 0.4) is 0 Å². The van der Waals surface area contributed by atoms with Gasteiger partial charge in [-0.1, -0.05) is 34.1 Å². The van der Waals surface area contributed by atoms with Gasteiger partial charge in [0.05, 0.1) is 0 Å². The van der Waals surface area contributed by atoms with Gasteiger partial charge in [0.15, 0.2) is 0 Å². The molecule has 1 fully saturated rings. The zero-order valence-electron chi connectivity index (χ0n) is 10.6. The molecule has 3 heteroatoms. The van der Waals surface area contributed by atoms with E-state index in [4.69, 9.17) is 0 Å². The summed E-state index contributed by atoms with van der Waals surface area (Å²) >= 11 is 5.70. The lowest BCUT2D eigenvalue weighted by Crippen LogP contribution is -2.38. The largest absolute Gasteiger partial charge is 0.302 e. The number of rotatable bonds is 3. The predicted molar refractivity (Wildman–Crippen MR) is 82.7 cm³/mol. The Morgan fingerprint density at radius 3 is 2.72 bits per heavy atom. The highest BCUT2D eigenvalue weighted by Gasteiger charge is 2.26. The first-order valence-electron chi connectivity index (χ1n) is 6.88. The van der Waals surface area contributed by atoms with Crippen molar-refractivity contribution in [3.63, 3.8) is 0 Å². The third-order valence-corrected chi connectivity index (χ3v) is 6.32. The molecular formula is C15H20BrNS. The van der Waals surface area contributed by atoms with E-state index in [-0.39, 0.29) is 0 Å². The van der Waals surface area contributed by atoms with Crippen molar-refractivity contribution in [1.29, 1.82) is 0 Å². The number of benzene rings is 1. The average molecular weight is 326 g/mol. The van der Waals surface area contributed by atoms with Crippen molar-refractivity contribution in [2.45, 2.75) is 29.4 Å². The first-order valence-corrected chi connectivity index (χ1v) is 8.88. The molecular weight excluding hydrogens is 306 g/mol. The summed E-state index contributed by atoms with van der Waals surface area (Å²) in [7, 11) is 0. The van der Waals surface area contributed by atoms with Crippen LogP contribution >= 0.6 is 27.7 Å². The van der Waals surface area contributed by atoms with Gasteiger partial charge in [-0.15, -0.1) is 11.8 Å². The van der Waals surface area contributed by atoms with Crippen LogP contribution in [-0.2, 0) is 6.42 Å². The highest BCUT2D eigenvalue weighted by molar-refractivity contribution is 9.09. The fraction of sp³-hybridized carbons (Fsp3) is 0.600. The normalized spacial score (nSPS) is 25.3. The van der Waals surface area contributed by atoms with E-state index in [9.17, 15) is 0 Å². The van der Waals surface area contributed by atoms with Gasteiger partial charge in [0.1, 0.15) is 0 Å². The van der Waals surface area contributed by atoms with Crippen LogP contribution in [-0.4, -0.2) is 35.1 Å². The molecule has 1 atom stereocenters. The van der Waals surface area contributed by atoms with E-state index in [1.807, 2.05) is 0 Å². The lowest BCUT2D eigenvalue weighted by atomic mass is 9.99. The minimum Gasteiger partial charge on any atom is -0.302 e. The van der Waals surface area contributed by atoms with E-state index in [0.717, 1.165) is 11.2 Å². The minimum absolute atomic E-state index is 0.780. The summed E-state index contributed by atoms with van der Waals surface area (Å²) in [6.07, 6.45) is 4.00. The van der Waals surface area contributed by atoms with Crippen molar-refractivity contribution in [3.05, 3.63) is 29.8 Å². The summed E-state index contributed by atoms with van der Waals surface area (Å²) in [6.45, 7) is 3.86. The summed E-state index contributed by atoms with van der Waals surface area (Å²) < 4.78 is 0. The van der Waals surface area contributed by atoms with Gasteiger partial charge in [-0.3, -0.25) is 0 Å². The van der Waals surface area contributed by atoms with Crippen LogP contribution in [0.15, 0.2) is 29.2 Å². The summed E-state index contributed by atoms with van der Waals surface area (Å²) in [5.74, 6) is 0.912. The smallest absolute Gasteiger partial charge is 0.0263 e. The summed E-state index contributed by atoms with van der Waals surface area (Å²) in [5, 5.41) is 1.97. The van der Waals surface area contributed by atoms with E-state index in [1.165, 1.54) is 49.1 Å². The molecule has 98 valence electrons. The molecule has 0 aliphatic carbocycles. The number of hydrogen-bond acceptors (Lipinski definition) is 2. The molecule has 2 aliphatic rings. The molecule has 0 bridgehead atoms. The Balaban J connectivity index is 1.51. The number of halogens is 1. The Kier molecular flexibility index (Phi) is 4.32. The molecule has 1 aromatic carbocycles. The van der Waals surface area contributed by atoms with Crippen LogP contribution < -0.4 is 0 Å². The van der Waals surface area contributed by atoms with Gasteiger partial charge in [-0.25, -0.2) is 0 Å². The maximum Gasteiger partial charge on any atom is 0.0263 e. The Morgan fingerprint density at radius 1 is 1.22 bits per heavy atom. The highest BCUT2D eigenvalue weighted by atomic mass is 79.9. The first kappa shape index (κ1) is 13.0. The standard InChI is InChI=1S/C15H20BrNS/c16-10-12-5-7-17(8-6-12)11-14-9-13-3-1-2-4-15(13)18-14/h1-4,12,14H,5-11H2. The number of hydrogen-bond donors (Lipinski definition) is 0. The quantitative estimate of drug-likeness (QED) is 0.777. The Hall–Kier alpha value is 0.01000. The number of thioether (sulfide) groups is 1.